The third kappa shape index (κ3) is 4.29. The Morgan fingerprint density at radius 2 is 1.82 bits per heavy atom. The minimum Gasteiger partial charge on any atom is -0.338 e. The number of amides is 6. The molecule has 9 nitrogen and oxygen atoms in total. The molecule has 1 unspecified atom stereocenters. The van der Waals surface area contributed by atoms with Crippen LogP contribution in [-0.2, 0) is 16.0 Å². The quantitative estimate of drug-likeness (QED) is 0.432. The summed E-state index contributed by atoms with van der Waals surface area (Å²) in [7, 11) is 0. The number of aryl methyl sites for hydroxylation is 1. The number of alkyl halides is 3. The maximum absolute atomic E-state index is 12.9. The summed E-state index contributed by atoms with van der Waals surface area (Å²) in [6, 6.07) is 2.72. The molecule has 1 atom stereocenters. The third-order valence-corrected chi connectivity index (χ3v) is 6.08. The summed E-state index contributed by atoms with van der Waals surface area (Å²) in [5.41, 5.74) is -1.13. The standard InChI is InChI=1S/C21H21F3N4O5/c22-21(23,24)20(7-8-20)27-19(33)25-9-1-2-11-3-4-12-13(10-11)18(32)28(17(12)31)14-5-6-15(29)26-16(14)30/h3-4,10,14H,1-2,5-9H2,(H2,25,27,33)(H,26,29,30). The Labute approximate surface area is 186 Å². The average molecular weight is 466 g/mol. The van der Waals surface area contributed by atoms with Crippen molar-refractivity contribution in [2.24, 2.45) is 0 Å². The molecule has 1 aromatic carbocycles. The molecule has 0 radical (unpaired) electrons. The molecule has 12 heteroatoms. The number of urea groups is 1. The van der Waals surface area contributed by atoms with Gasteiger partial charge in [0.05, 0.1) is 11.1 Å². The smallest absolute Gasteiger partial charge is 0.338 e. The molecule has 4 rings (SSSR count). The van der Waals surface area contributed by atoms with Gasteiger partial charge in [0.15, 0.2) is 0 Å². The van der Waals surface area contributed by atoms with E-state index in [2.05, 4.69) is 10.6 Å². The van der Waals surface area contributed by atoms with Gasteiger partial charge >= 0.3 is 12.2 Å². The van der Waals surface area contributed by atoms with Gasteiger partial charge in [0.1, 0.15) is 11.6 Å². The lowest BCUT2D eigenvalue weighted by atomic mass is 10.0. The number of carbonyl (C=O) groups excluding carboxylic acids is 5. The Balaban J connectivity index is 1.32. The Bertz CT molecular complexity index is 1050. The highest BCUT2D eigenvalue weighted by Crippen LogP contribution is 2.48. The lowest BCUT2D eigenvalue weighted by Gasteiger charge is -2.27. The highest BCUT2D eigenvalue weighted by atomic mass is 19.4. The van der Waals surface area contributed by atoms with Crippen molar-refractivity contribution in [1.29, 1.82) is 0 Å². The molecule has 1 aliphatic carbocycles. The van der Waals surface area contributed by atoms with E-state index in [1.807, 2.05) is 5.32 Å². The molecule has 2 aliphatic heterocycles. The molecule has 1 saturated carbocycles. The molecule has 1 aromatic rings. The van der Waals surface area contributed by atoms with Gasteiger partial charge in [0.25, 0.3) is 11.8 Å². The molecule has 2 fully saturated rings. The highest BCUT2D eigenvalue weighted by Gasteiger charge is 2.64. The van der Waals surface area contributed by atoms with E-state index >= 15 is 0 Å². The molecule has 33 heavy (non-hydrogen) atoms. The van der Waals surface area contributed by atoms with Crippen molar-refractivity contribution >= 4 is 29.7 Å². The van der Waals surface area contributed by atoms with Crippen LogP contribution in [0.2, 0.25) is 0 Å². The summed E-state index contributed by atoms with van der Waals surface area (Å²) in [6.45, 7) is 0.117. The average Bonchev–Trinajstić information content (AvgIpc) is 3.49. The van der Waals surface area contributed by atoms with Crippen molar-refractivity contribution in [3.05, 3.63) is 34.9 Å². The first-order valence-electron chi connectivity index (χ1n) is 10.5. The van der Waals surface area contributed by atoms with Gasteiger partial charge in [0.2, 0.25) is 11.8 Å². The van der Waals surface area contributed by atoms with Crippen LogP contribution in [-0.4, -0.2) is 58.9 Å². The van der Waals surface area contributed by atoms with Crippen molar-refractivity contribution in [3.8, 4) is 0 Å². The van der Waals surface area contributed by atoms with E-state index in [0.717, 1.165) is 4.90 Å². The number of imide groups is 2. The van der Waals surface area contributed by atoms with Gasteiger partial charge in [-0.05, 0) is 49.8 Å². The first-order valence-corrected chi connectivity index (χ1v) is 10.5. The second kappa shape index (κ2) is 8.16. The highest BCUT2D eigenvalue weighted by molar-refractivity contribution is 6.23. The van der Waals surface area contributed by atoms with Gasteiger partial charge in [-0.1, -0.05) is 6.07 Å². The molecule has 1 saturated heterocycles. The summed E-state index contributed by atoms with van der Waals surface area (Å²) in [6.07, 6.45) is -3.88. The number of nitrogens with one attached hydrogen (secondary N) is 3. The summed E-state index contributed by atoms with van der Waals surface area (Å²) in [5.74, 6) is -2.37. The normalized spacial score (nSPS) is 21.5. The zero-order valence-corrected chi connectivity index (χ0v) is 17.4. The third-order valence-electron chi connectivity index (χ3n) is 6.08. The largest absolute Gasteiger partial charge is 0.411 e. The number of hydrogen-bond donors (Lipinski definition) is 3. The van der Waals surface area contributed by atoms with Gasteiger partial charge < -0.3 is 10.6 Å². The molecular weight excluding hydrogens is 445 g/mol. The Hall–Kier alpha value is -3.44. The molecule has 3 aliphatic rings. The lowest BCUT2D eigenvalue weighted by Crippen LogP contribution is -2.54. The van der Waals surface area contributed by atoms with E-state index in [-0.39, 0.29) is 43.4 Å². The Morgan fingerprint density at radius 1 is 1.12 bits per heavy atom. The van der Waals surface area contributed by atoms with Crippen LogP contribution in [0, 0.1) is 0 Å². The minimum atomic E-state index is -4.49. The van der Waals surface area contributed by atoms with Crippen LogP contribution in [0.1, 0.15) is 58.4 Å². The second-order valence-electron chi connectivity index (χ2n) is 8.39. The maximum atomic E-state index is 12.9. The zero-order chi connectivity index (χ0) is 24.0. The number of benzene rings is 1. The Kier molecular flexibility index (Phi) is 5.62. The van der Waals surface area contributed by atoms with E-state index in [0.29, 0.717) is 18.4 Å². The summed E-state index contributed by atoms with van der Waals surface area (Å²) >= 11 is 0. The number of hydrogen-bond acceptors (Lipinski definition) is 5. The van der Waals surface area contributed by atoms with Crippen LogP contribution >= 0.6 is 0 Å². The van der Waals surface area contributed by atoms with Crippen LogP contribution in [0.5, 0.6) is 0 Å². The molecule has 0 aromatic heterocycles. The van der Waals surface area contributed by atoms with Crippen LogP contribution in [0.4, 0.5) is 18.0 Å². The molecule has 6 amide bonds. The van der Waals surface area contributed by atoms with Gasteiger partial charge in [0, 0.05) is 13.0 Å². The monoisotopic (exact) mass is 466 g/mol. The van der Waals surface area contributed by atoms with Crippen molar-refractivity contribution in [2.45, 2.75) is 56.3 Å². The Morgan fingerprint density at radius 3 is 2.45 bits per heavy atom. The predicted molar refractivity (Wildman–Crippen MR) is 106 cm³/mol. The van der Waals surface area contributed by atoms with Crippen molar-refractivity contribution < 1.29 is 37.1 Å². The van der Waals surface area contributed by atoms with Gasteiger partial charge in [-0.15, -0.1) is 0 Å². The fourth-order valence-corrected chi connectivity index (χ4v) is 4.03. The molecule has 2 heterocycles. The van der Waals surface area contributed by atoms with Crippen molar-refractivity contribution in [1.82, 2.24) is 20.9 Å². The number of rotatable bonds is 6. The molecular formula is C21H21F3N4O5. The molecule has 0 spiro atoms. The maximum Gasteiger partial charge on any atom is 0.411 e. The second-order valence-corrected chi connectivity index (χ2v) is 8.39. The number of halogens is 3. The number of piperidine rings is 1. The minimum absolute atomic E-state index is 0.0275. The zero-order valence-electron chi connectivity index (χ0n) is 17.4. The van der Waals surface area contributed by atoms with Crippen LogP contribution in [0.25, 0.3) is 0 Å². The van der Waals surface area contributed by atoms with Gasteiger partial charge in [-0.3, -0.25) is 29.4 Å². The van der Waals surface area contributed by atoms with Gasteiger partial charge in [-0.2, -0.15) is 13.2 Å². The predicted octanol–water partition coefficient (Wildman–Crippen LogP) is 1.41. The van der Waals surface area contributed by atoms with E-state index in [4.69, 9.17) is 0 Å². The van der Waals surface area contributed by atoms with Crippen LogP contribution in [0.3, 0.4) is 0 Å². The first kappa shape index (κ1) is 22.7. The lowest BCUT2D eigenvalue weighted by molar-refractivity contribution is -0.162. The van der Waals surface area contributed by atoms with E-state index in [1.54, 1.807) is 6.07 Å². The van der Waals surface area contributed by atoms with E-state index in [9.17, 15) is 37.1 Å². The van der Waals surface area contributed by atoms with E-state index < -0.39 is 47.4 Å². The number of nitrogens with zero attached hydrogens (tertiary/aromatic N) is 1. The van der Waals surface area contributed by atoms with Crippen LogP contribution < -0.4 is 16.0 Å². The summed E-state index contributed by atoms with van der Waals surface area (Å²) < 4.78 is 38.7. The molecule has 176 valence electrons. The summed E-state index contributed by atoms with van der Waals surface area (Å²) in [4.78, 5) is 61.6. The summed E-state index contributed by atoms with van der Waals surface area (Å²) in [5, 5.41) is 6.50. The van der Waals surface area contributed by atoms with Crippen molar-refractivity contribution in [2.75, 3.05) is 6.54 Å². The number of fused-ring (bicyclic) bond motifs is 1. The number of carbonyl (C=O) groups is 5. The molecule has 3 N–H and O–H groups in total. The first-order chi connectivity index (χ1) is 15.5. The van der Waals surface area contributed by atoms with Crippen molar-refractivity contribution in [3.63, 3.8) is 0 Å². The van der Waals surface area contributed by atoms with Crippen LogP contribution in [0.15, 0.2) is 18.2 Å². The topological polar surface area (TPSA) is 125 Å². The fraction of sp³-hybridized carbons (Fsp3) is 0.476. The fourth-order valence-electron chi connectivity index (χ4n) is 4.03. The van der Waals surface area contributed by atoms with E-state index in [1.165, 1.54) is 12.1 Å². The van der Waals surface area contributed by atoms with Gasteiger partial charge in [-0.25, -0.2) is 4.79 Å². The SMILES string of the molecule is O=C1CCC(N2C(=O)c3ccc(CCCNC(=O)NC4(C(F)(F)F)CC4)cc3C2=O)C(=O)N1. The molecule has 0 bridgehead atoms.